The molecular formula is C16H31N3O2. The summed E-state index contributed by atoms with van der Waals surface area (Å²) in [6.07, 6.45) is 11.0. The van der Waals surface area contributed by atoms with Crippen molar-refractivity contribution in [1.82, 2.24) is 15.0 Å². The van der Waals surface area contributed by atoms with Crippen LogP contribution in [0.4, 0.5) is 0 Å². The van der Waals surface area contributed by atoms with Crippen LogP contribution in [0.1, 0.15) is 76.9 Å². The van der Waals surface area contributed by atoms with Crippen molar-refractivity contribution in [3.05, 3.63) is 11.9 Å². The zero-order valence-corrected chi connectivity index (χ0v) is 13.5. The fraction of sp³-hybridized carbons (Fsp3) is 0.875. The average molecular weight is 297 g/mol. The summed E-state index contributed by atoms with van der Waals surface area (Å²) in [5.74, 6) is 0. The van der Waals surface area contributed by atoms with Crippen LogP contribution in [0.15, 0.2) is 6.20 Å². The molecule has 2 atom stereocenters. The van der Waals surface area contributed by atoms with Crippen molar-refractivity contribution < 1.29 is 10.2 Å². The van der Waals surface area contributed by atoms with E-state index in [1.165, 1.54) is 19.3 Å². The number of hydrogen-bond donors (Lipinski definition) is 2. The molecule has 0 fully saturated rings. The van der Waals surface area contributed by atoms with Crippen molar-refractivity contribution in [3.63, 3.8) is 0 Å². The minimum absolute atomic E-state index is 0.105. The maximum absolute atomic E-state index is 10.2. The van der Waals surface area contributed by atoms with Crippen LogP contribution in [0.2, 0.25) is 0 Å². The summed E-state index contributed by atoms with van der Waals surface area (Å²) in [5, 5.41) is 27.9. The number of aliphatic hydroxyl groups is 2. The SMILES string of the molecule is CCCCCCc1cn([C@@H](CO)[C@H](O)CCCCC)nn1. The van der Waals surface area contributed by atoms with Crippen molar-refractivity contribution in [3.8, 4) is 0 Å². The normalized spacial score (nSPS) is 14.3. The monoisotopic (exact) mass is 297 g/mol. The molecule has 5 nitrogen and oxygen atoms in total. The van der Waals surface area contributed by atoms with E-state index in [1.807, 2.05) is 6.20 Å². The van der Waals surface area contributed by atoms with Crippen LogP contribution in [0.3, 0.4) is 0 Å². The molecule has 5 heteroatoms. The molecule has 0 unspecified atom stereocenters. The molecule has 0 aliphatic heterocycles. The molecule has 21 heavy (non-hydrogen) atoms. The van der Waals surface area contributed by atoms with Gasteiger partial charge in [0.2, 0.25) is 0 Å². The summed E-state index contributed by atoms with van der Waals surface area (Å²) in [6.45, 7) is 4.23. The van der Waals surface area contributed by atoms with Crippen LogP contribution in [0.25, 0.3) is 0 Å². The Morgan fingerprint density at radius 2 is 1.81 bits per heavy atom. The maximum Gasteiger partial charge on any atom is 0.103 e. The molecule has 0 spiro atoms. The van der Waals surface area contributed by atoms with Crippen LogP contribution in [-0.2, 0) is 6.42 Å². The Bertz CT molecular complexity index is 368. The number of hydrogen-bond acceptors (Lipinski definition) is 4. The van der Waals surface area contributed by atoms with Crippen molar-refractivity contribution in [2.24, 2.45) is 0 Å². The molecule has 2 N–H and O–H groups in total. The van der Waals surface area contributed by atoms with E-state index >= 15 is 0 Å². The third-order valence-electron chi connectivity index (χ3n) is 3.92. The van der Waals surface area contributed by atoms with Gasteiger partial charge in [0.15, 0.2) is 0 Å². The van der Waals surface area contributed by atoms with Gasteiger partial charge in [-0.2, -0.15) is 0 Å². The van der Waals surface area contributed by atoms with Crippen LogP contribution in [0.5, 0.6) is 0 Å². The lowest BCUT2D eigenvalue weighted by molar-refractivity contribution is 0.0579. The van der Waals surface area contributed by atoms with Gasteiger partial charge in [-0.15, -0.1) is 5.10 Å². The first-order valence-electron chi connectivity index (χ1n) is 8.42. The van der Waals surface area contributed by atoms with Crippen LogP contribution < -0.4 is 0 Å². The highest BCUT2D eigenvalue weighted by atomic mass is 16.3. The van der Waals surface area contributed by atoms with Crippen LogP contribution >= 0.6 is 0 Å². The maximum atomic E-state index is 10.2. The third kappa shape index (κ3) is 6.57. The van der Waals surface area contributed by atoms with Gasteiger partial charge < -0.3 is 10.2 Å². The van der Waals surface area contributed by atoms with E-state index < -0.39 is 6.10 Å². The lowest BCUT2D eigenvalue weighted by Gasteiger charge is -2.20. The van der Waals surface area contributed by atoms with Gasteiger partial charge in [-0.25, -0.2) is 4.68 Å². The number of nitrogens with zero attached hydrogens (tertiary/aromatic N) is 3. The highest BCUT2D eigenvalue weighted by molar-refractivity contribution is 4.94. The second-order valence-electron chi connectivity index (χ2n) is 5.81. The van der Waals surface area contributed by atoms with Gasteiger partial charge >= 0.3 is 0 Å². The molecule has 0 aliphatic carbocycles. The minimum Gasteiger partial charge on any atom is -0.394 e. The van der Waals surface area contributed by atoms with Gasteiger partial charge in [0, 0.05) is 6.20 Å². The van der Waals surface area contributed by atoms with Crippen molar-refractivity contribution >= 4 is 0 Å². The van der Waals surface area contributed by atoms with E-state index in [4.69, 9.17) is 0 Å². The summed E-state index contributed by atoms with van der Waals surface area (Å²) < 4.78 is 1.63. The highest BCUT2D eigenvalue weighted by Gasteiger charge is 2.21. The summed E-state index contributed by atoms with van der Waals surface area (Å²) in [5.41, 5.74) is 0.949. The van der Waals surface area contributed by atoms with E-state index in [1.54, 1.807) is 4.68 Å². The Labute approximate surface area is 128 Å². The molecule has 0 aromatic carbocycles. The average Bonchev–Trinajstić information content (AvgIpc) is 2.93. The largest absolute Gasteiger partial charge is 0.394 e. The first-order chi connectivity index (χ1) is 10.2. The van der Waals surface area contributed by atoms with Crippen molar-refractivity contribution in [1.29, 1.82) is 0 Å². The molecule has 1 aromatic rings. The topological polar surface area (TPSA) is 71.2 Å². The Morgan fingerprint density at radius 1 is 1.10 bits per heavy atom. The molecular weight excluding hydrogens is 266 g/mol. The first-order valence-corrected chi connectivity index (χ1v) is 8.42. The van der Waals surface area contributed by atoms with Crippen LogP contribution in [0, 0.1) is 0 Å². The third-order valence-corrected chi connectivity index (χ3v) is 3.92. The lowest BCUT2D eigenvalue weighted by Crippen LogP contribution is -2.27. The predicted molar refractivity (Wildman–Crippen MR) is 84.1 cm³/mol. The van der Waals surface area contributed by atoms with E-state index in [0.717, 1.165) is 37.8 Å². The molecule has 0 bridgehead atoms. The number of aromatic nitrogens is 3. The Kier molecular flexibility index (Phi) is 9.26. The predicted octanol–water partition coefficient (Wildman–Crippen LogP) is 2.88. The molecule has 0 saturated heterocycles. The van der Waals surface area contributed by atoms with Gasteiger partial charge in [0.25, 0.3) is 0 Å². The van der Waals surface area contributed by atoms with Gasteiger partial charge in [0.05, 0.1) is 18.4 Å². The number of rotatable bonds is 12. The Balaban J connectivity index is 2.47. The molecule has 1 rings (SSSR count). The zero-order chi connectivity index (χ0) is 15.5. The van der Waals surface area contributed by atoms with Gasteiger partial charge in [-0.3, -0.25) is 0 Å². The summed E-state index contributed by atoms with van der Waals surface area (Å²) in [7, 11) is 0. The van der Waals surface area contributed by atoms with E-state index in [9.17, 15) is 10.2 Å². The summed E-state index contributed by atoms with van der Waals surface area (Å²) >= 11 is 0. The molecule has 0 amide bonds. The highest BCUT2D eigenvalue weighted by Crippen LogP contribution is 2.17. The Hall–Kier alpha value is -0.940. The van der Waals surface area contributed by atoms with Crippen LogP contribution in [-0.4, -0.2) is 37.9 Å². The summed E-state index contributed by atoms with van der Waals surface area (Å²) in [4.78, 5) is 0. The van der Waals surface area contributed by atoms with E-state index in [2.05, 4.69) is 24.2 Å². The van der Waals surface area contributed by atoms with Gasteiger partial charge in [0.1, 0.15) is 6.04 Å². The fourth-order valence-electron chi connectivity index (χ4n) is 2.50. The zero-order valence-electron chi connectivity index (χ0n) is 13.5. The van der Waals surface area contributed by atoms with Gasteiger partial charge in [-0.05, 0) is 19.3 Å². The number of aryl methyl sites for hydroxylation is 1. The molecule has 1 heterocycles. The molecule has 122 valence electrons. The standard InChI is InChI=1S/C16H31N3O2/c1-3-5-7-9-10-14-12-19(18-17-14)15(13-20)16(21)11-8-6-4-2/h12,15-16,20-21H,3-11,13H2,1-2H3/t15-,16+/m0/s1. The Morgan fingerprint density at radius 3 is 2.48 bits per heavy atom. The van der Waals surface area contributed by atoms with Crippen molar-refractivity contribution in [2.75, 3.05) is 6.61 Å². The summed E-state index contributed by atoms with van der Waals surface area (Å²) in [6, 6.07) is -0.376. The molecule has 0 radical (unpaired) electrons. The number of unbranched alkanes of at least 4 members (excludes halogenated alkanes) is 5. The molecule has 0 saturated carbocycles. The number of aliphatic hydroxyl groups excluding tert-OH is 2. The quantitative estimate of drug-likeness (QED) is 0.582. The van der Waals surface area contributed by atoms with E-state index in [0.29, 0.717) is 6.42 Å². The lowest BCUT2D eigenvalue weighted by atomic mass is 10.0. The fourth-order valence-corrected chi connectivity index (χ4v) is 2.50. The minimum atomic E-state index is -0.559. The van der Waals surface area contributed by atoms with Gasteiger partial charge in [-0.1, -0.05) is 57.6 Å². The van der Waals surface area contributed by atoms with Crippen molar-refractivity contribution in [2.45, 2.75) is 83.8 Å². The second-order valence-corrected chi connectivity index (χ2v) is 5.81. The smallest absolute Gasteiger partial charge is 0.103 e. The molecule has 0 aliphatic rings. The van der Waals surface area contributed by atoms with E-state index in [-0.39, 0.29) is 12.6 Å². The molecule has 1 aromatic heterocycles. The second kappa shape index (κ2) is 10.7. The first kappa shape index (κ1) is 18.1.